The summed E-state index contributed by atoms with van der Waals surface area (Å²) in [6, 6.07) is 3.38. The molecule has 0 radical (unpaired) electrons. The Morgan fingerprint density at radius 1 is 1.38 bits per heavy atom. The molecule has 1 aromatic carbocycles. The van der Waals surface area contributed by atoms with E-state index < -0.39 is 5.92 Å². The van der Waals surface area contributed by atoms with E-state index in [2.05, 4.69) is 10.5 Å². The minimum Gasteiger partial charge on any atom is -0.409 e. The molecule has 5 nitrogen and oxygen atoms in total. The predicted molar refractivity (Wildman–Crippen MR) is 79.5 cm³/mol. The van der Waals surface area contributed by atoms with Gasteiger partial charge in [-0.2, -0.15) is 0 Å². The second-order valence-corrected chi connectivity index (χ2v) is 5.51. The van der Waals surface area contributed by atoms with Crippen molar-refractivity contribution >= 4 is 11.7 Å². The van der Waals surface area contributed by atoms with Crippen molar-refractivity contribution in [2.24, 2.45) is 22.7 Å². The van der Waals surface area contributed by atoms with Gasteiger partial charge in [-0.25, -0.2) is 4.39 Å². The topological polar surface area (TPSA) is 87.7 Å². The van der Waals surface area contributed by atoms with Crippen molar-refractivity contribution in [1.82, 2.24) is 5.32 Å². The van der Waals surface area contributed by atoms with Crippen molar-refractivity contribution in [3.8, 4) is 0 Å². The maximum atomic E-state index is 13.5. The lowest BCUT2D eigenvalue weighted by molar-refractivity contribution is -0.124. The van der Waals surface area contributed by atoms with Crippen LogP contribution in [0.5, 0.6) is 0 Å². The van der Waals surface area contributed by atoms with Crippen molar-refractivity contribution in [1.29, 1.82) is 0 Å². The fourth-order valence-corrected chi connectivity index (χ4v) is 2.28. The number of carbonyl (C=O) groups is 1. The van der Waals surface area contributed by atoms with Gasteiger partial charge >= 0.3 is 0 Å². The summed E-state index contributed by atoms with van der Waals surface area (Å²) >= 11 is 0. The molecule has 116 valence electrons. The van der Waals surface area contributed by atoms with E-state index in [1.807, 2.05) is 13.8 Å². The van der Waals surface area contributed by atoms with Crippen LogP contribution in [0.15, 0.2) is 17.3 Å². The third-order valence-corrected chi connectivity index (χ3v) is 3.35. The number of benzene rings is 1. The summed E-state index contributed by atoms with van der Waals surface area (Å²) in [5.74, 6) is -1.47. The Bertz CT molecular complexity index is 533. The van der Waals surface area contributed by atoms with Gasteiger partial charge in [0.05, 0.1) is 0 Å². The number of carbonyl (C=O) groups excluding carboxylic acids is 1. The highest BCUT2D eigenvalue weighted by atomic mass is 19.1. The van der Waals surface area contributed by atoms with Crippen molar-refractivity contribution < 1.29 is 14.4 Å². The molecule has 1 aromatic rings. The molecule has 0 aliphatic carbocycles. The van der Waals surface area contributed by atoms with E-state index >= 15 is 0 Å². The first-order chi connectivity index (χ1) is 9.77. The van der Waals surface area contributed by atoms with E-state index in [1.54, 1.807) is 26.0 Å². The van der Waals surface area contributed by atoms with E-state index in [0.29, 0.717) is 11.1 Å². The van der Waals surface area contributed by atoms with Crippen LogP contribution in [0.25, 0.3) is 0 Å². The minimum absolute atomic E-state index is 0.0995. The molecule has 0 aromatic heterocycles. The molecular weight excluding hydrogens is 273 g/mol. The highest BCUT2D eigenvalue weighted by Gasteiger charge is 2.26. The van der Waals surface area contributed by atoms with Crippen molar-refractivity contribution in [3.63, 3.8) is 0 Å². The smallest absolute Gasteiger partial charge is 0.231 e. The Morgan fingerprint density at radius 3 is 2.33 bits per heavy atom. The van der Waals surface area contributed by atoms with Gasteiger partial charge in [0, 0.05) is 6.54 Å². The number of rotatable bonds is 5. The van der Waals surface area contributed by atoms with Gasteiger partial charge in [0.25, 0.3) is 0 Å². The average molecular weight is 295 g/mol. The number of amides is 1. The summed E-state index contributed by atoms with van der Waals surface area (Å²) in [4.78, 5) is 12.1. The third kappa shape index (κ3) is 4.18. The van der Waals surface area contributed by atoms with Gasteiger partial charge in [-0.05, 0) is 36.5 Å². The van der Waals surface area contributed by atoms with Gasteiger partial charge < -0.3 is 16.3 Å². The van der Waals surface area contributed by atoms with Gasteiger partial charge in [-0.15, -0.1) is 0 Å². The number of nitrogens with one attached hydrogen (secondary N) is 1. The number of hydrogen-bond donors (Lipinski definition) is 3. The molecule has 0 fully saturated rings. The lowest BCUT2D eigenvalue weighted by atomic mass is 9.93. The third-order valence-electron chi connectivity index (χ3n) is 3.35. The van der Waals surface area contributed by atoms with E-state index in [0.717, 1.165) is 5.56 Å². The zero-order valence-corrected chi connectivity index (χ0v) is 12.8. The molecule has 0 aliphatic rings. The first kappa shape index (κ1) is 16.9. The number of amidine groups is 1. The molecule has 1 rings (SSSR count). The Morgan fingerprint density at radius 2 is 1.90 bits per heavy atom. The zero-order valence-electron chi connectivity index (χ0n) is 12.8. The van der Waals surface area contributed by atoms with E-state index in [1.165, 1.54) is 0 Å². The average Bonchev–Trinajstić information content (AvgIpc) is 2.41. The van der Waals surface area contributed by atoms with Crippen LogP contribution in [0.4, 0.5) is 4.39 Å². The van der Waals surface area contributed by atoms with Crippen molar-refractivity contribution in [3.05, 3.63) is 34.6 Å². The second kappa shape index (κ2) is 7.06. The summed E-state index contributed by atoms with van der Waals surface area (Å²) in [6.45, 7) is 7.26. The first-order valence-corrected chi connectivity index (χ1v) is 6.78. The number of oxime groups is 1. The van der Waals surface area contributed by atoms with Crippen molar-refractivity contribution in [2.45, 2.75) is 34.2 Å². The van der Waals surface area contributed by atoms with E-state index in [4.69, 9.17) is 10.9 Å². The molecule has 0 spiro atoms. The molecule has 0 aliphatic heterocycles. The highest BCUT2D eigenvalue weighted by molar-refractivity contribution is 6.02. The predicted octanol–water partition coefficient (Wildman–Crippen LogP) is 2.08. The van der Waals surface area contributed by atoms with Crippen LogP contribution in [-0.2, 0) is 11.3 Å². The quantitative estimate of drug-likeness (QED) is 0.336. The molecule has 1 unspecified atom stereocenters. The Hall–Kier alpha value is -2.11. The molecule has 1 atom stereocenters. The minimum atomic E-state index is -0.697. The molecule has 21 heavy (non-hydrogen) atoms. The molecule has 4 N–H and O–H groups in total. The molecule has 0 bridgehead atoms. The Kier molecular flexibility index (Phi) is 5.69. The van der Waals surface area contributed by atoms with Crippen LogP contribution in [0.1, 0.15) is 30.5 Å². The summed E-state index contributed by atoms with van der Waals surface area (Å²) in [7, 11) is 0. The van der Waals surface area contributed by atoms with Crippen LogP contribution in [0, 0.1) is 31.5 Å². The Labute approximate surface area is 124 Å². The summed E-state index contributed by atoms with van der Waals surface area (Å²) in [5, 5.41) is 14.4. The standard InChI is InChI=1S/C15H22FN3O2/c1-8(2)12(14(17)19-21)15(20)18-7-11-5-9(3)13(16)10(4)6-11/h5-6,8,12,21H,7H2,1-4H3,(H2,17,19)(H,18,20). The maximum Gasteiger partial charge on any atom is 0.231 e. The summed E-state index contributed by atoms with van der Waals surface area (Å²) in [6.07, 6.45) is 0. The summed E-state index contributed by atoms with van der Waals surface area (Å²) < 4.78 is 13.5. The van der Waals surface area contributed by atoms with Crippen LogP contribution < -0.4 is 11.1 Å². The van der Waals surface area contributed by atoms with Gasteiger partial charge in [0.1, 0.15) is 11.7 Å². The second-order valence-electron chi connectivity index (χ2n) is 5.51. The number of hydrogen-bond acceptors (Lipinski definition) is 3. The number of aryl methyl sites for hydroxylation is 2. The molecule has 0 heterocycles. The largest absolute Gasteiger partial charge is 0.409 e. The SMILES string of the molecule is Cc1cc(CNC(=O)C(/C(N)=N/O)C(C)C)cc(C)c1F. The molecule has 1 amide bonds. The molecule has 0 saturated heterocycles. The van der Waals surface area contributed by atoms with Crippen LogP contribution in [0.3, 0.4) is 0 Å². The van der Waals surface area contributed by atoms with Crippen molar-refractivity contribution in [2.75, 3.05) is 0 Å². The van der Waals surface area contributed by atoms with Crippen LogP contribution in [0.2, 0.25) is 0 Å². The Balaban J connectivity index is 2.81. The van der Waals surface area contributed by atoms with Gasteiger partial charge in [-0.1, -0.05) is 31.1 Å². The van der Waals surface area contributed by atoms with E-state index in [9.17, 15) is 9.18 Å². The maximum absolute atomic E-state index is 13.5. The van der Waals surface area contributed by atoms with E-state index in [-0.39, 0.29) is 30.0 Å². The van der Waals surface area contributed by atoms with Crippen LogP contribution >= 0.6 is 0 Å². The fourth-order valence-electron chi connectivity index (χ4n) is 2.28. The highest BCUT2D eigenvalue weighted by Crippen LogP contribution is 2.15. The van der Waals surface area contributed by atoms with Gasteiger partial charge in [-0.3, -0.25) is 4.79 Å². The first-order valence-electron chi connectivity index (χ1n) is 6.78. The number of nitrogens with two attached hydrogens (primary N) is 1. The number of nitrogens with zero attached hydrogens (tertiary/aromatic N) is 1. The molecule has 0 saturated carbocycles. The molecule has 6 heteroatoms. The van der Waals surface area contributed by atoms with Gasteiger partial charge in [0.15, 0.2) is 5.84 Å². The monoisotopic (exact) mass is 295 g/mol. The zero-order chi connectivity index (χ0) is 16.2. The van der Waals surface area contributed by atoms with Gasteiger partial charge in [0.2, 0.25) is 5.91 Å². The molecular formula is C15H22FN3O2. The fraction of sp³-hybridized carbons (Fsp3) is 0.467. The summed E-state index contributed by atoms with van der Waals surface area (Å²) in [5.41, 5.74) is 7.43. The van der Waals surface area contributed by atoms with Crippen LogP contribution in [-0.4, -0.2) is 17.0 Å². The normalized spacial score (nSPS) is 13.3. The number of halogens is 1. The lowest BCUT2D eigenvalue weighted by Crippen LogP contribution is -2.41. The lowest BCUT2D eigenvalue weighted by Gasteiger charge is -2.19.